The molecule has 5 rings (SSSR count). The molecule has 142 valence electrons. The van der Waals surface area contributed by atoms with Gasteiger partial charge in [0.25, 0.3) is 0 Å². The van der Waals surface area contributed by atoms with Gasteiger partial charge in [0.2, 0.25) is 0 Å². The summed E-state index contributed by atoms with van der Waals surface area (Å²) in [5, 5.41) is 5.60. The molecule has 0 aliphatic carbocycles. The van der Waals surface area contributed by atoms with Gasteiger partial charge in [0.1, 0.15) is 0 Å². The van der Waals surface area contributed by atoms with Gasteiger partial charge in [-0.2, -0.15) is 14.9 Å². The van der Waals surface area contributed by atoms with Crippen LogP contribution < -0.4 is 0 Å². The fourth-order valence-corrected chi connectivity index (χ4v) is 3.99. The van der Waals surface area contributed by atoms with E-state index in [-0.39, 0.29) is 6.23 Å². The van der Waals surface area contributed by atoms with Crippen molar-refractivity contribution in [2.24, 2.45) is 4.99 Å². The molecule has 0 spiro atoms. The maximum Gasteiger partial charge on any atom is 0.150 e. The van der Waals surface area contributed by atoms with E-state index in [9.17, 15) is 0 Å². The van der Waals surface area contributed by atoms with Crippen molar-refractivity contribution in [1.29, 1.82) is 1.28 Å². The first-order valence-corrected chi connectivity index (χ1v) is 10.3. The highest BCUT2D eigenvalue weighted by Gasteiger charge is 2.18. The number of hydrogen-bond donors (Lipinski definition) is 0. The lowest BCUT2D eigenvalue weighted by Crippen LogP contribution is -2.18. The fourth-order valence-electron chi connectivity index (χ4n) is 3.24. The van der Waals surface area contributed by atoms with Crippen LogP contribution in [-0.4, -0.2) is 23.9 Å². The van der Waals surface area contributed by atoms with E-state index in [4.69, 9.17) is 6.02 Å². The summed E-state index contributed by atoms with van der Waals surface area (Å²) in [5.41, 5.74) is 3.71. The van der Waals surface area contributed by atoms with Crippen molar-refractivity contribution in [3.05, 3.63) is 62.7 Å². The Bertz CT molecular complexity index is 958. The fraction of sp³-hybridized carbons (Fsp3) is 0.300. The zero-order valence-electron chi connectivity index (χ0n) is 15.8. The second-order valence-electron chi connectivity index (χ2n) is 6.43. The summed E-state index contributed by atoms with van der Waals surface area (Å²) in [6.07, 6.45) is 7.38. The van der Waals surface area contributed by atoms with Crippen molar-refractivity contribution in [3.8, 4) is 0 Å². The molecule has 0 amide bonds. The Morgan fingerprint density at radius 1 is 1.11 bits per heavy atom. The molecule has 1 aromatic heterocycles. The molecule has 0 bridgehead atoms. The van der Waals surface area contributed by atoms with Gasteiger partial charge in [-0.25, -0.2) is 4.68 Å². The summed E-state index contributed by atoms with van der Waals surface area (Å²) in [4.78, 5) is 4.15. The molecule has 2 unspecified atom stereocenters. The molecule has 4 nitrogen and oxygen atoms in total. The number of benzene rings is 2. The lowest BCUT2D eigenvalue weighted by molar-refractivity contribution is -0.0366. The van der Waals surface area contributed by atoms with E-state index in [0.29, 0.717) is 0 Å². The quantitative estimate of drug-likeness (QED) is 0.379. The first kappa shape index (κ1) is 19.3. The summed E-state index contributed by atoms with van der Waals surface area (Å²) in [5.74, 6) is 0. The second kappa shape index (κ2) is 9.42. The van der Waals surface area contributed by atoms with Gasteiger partial charge in [-0.1, -0.05) is 44.0 Å². The standard InChI is InChI=1S/C12H13BrN2O.C8H6BrN.H3P/c13-10-5-4-9-8-14-15(11(9)7-10)12-3-1-2-6-16-12;9-8-2-1-6-4-10-5-7(6)3-8;/h4-5,7-8,12H,1-3,6H2;1-4H,5H2;1H3/i;;1D. The average molecular weight is 512 g/mol. The lowest BCUT2D eigenvalue weighted by Gasteiger charge is -2.23. The highest BCUT2D eigenvalue weighted by Crippen LogP contribution is 2.27. The van der Waals surface area contributed by atoms with Crippen LogP contribution in [0.2, 0.25) is 0 Å². The number of nitrogens with zero attached hydrogens (tertiary/aromatic N) is 3. The van der Waals surface area contributed by atoms with Gasteiger partial charge in [0.05, 0.1) is 19.5 Å². The van der Waals surface area contributed by atoms with Gasteiger partial charge in [0.15, 0.2) is 6.23 Å². The van der Waals surface area contributed by atoms with E-state index in [1.165, 1.54) is 24.0 Å². The molecule has 3 aromatic rings. The number of ether oxygens (including phenoxy) is 1. The summed E-state index contributed by atoms with van der Waals surface area (Å²) in [6.45, 7) is 1.69. The molecule has 2 atom stereocenters. The SMILES string of the molecule is Brc1ccc2c(c1)CN=C2.Brc1ccc2cnn(C3CCCCO3)c2c1.[2H]P. The zero-order chi connectivity index (χ0) is 19.9. The van der Waals surface area contributed by atoms with Gasteiger partial charge in [0, 0.05) is 27.2 Å². The Morgan fingerprint density at radius 2 is 1.93 bits per heavy atom. The minimum Gasteiger partial charge on any atom is -0.356 e. The van der Waals surface area contributed by atoms with Crippen molar-refractivity contribution < 1.29 is 4.74 Å². The third-order valence-electron chi connectivity index (χ3n) is 4.59. The number of aliphatic imine (C=N–C) groups is 1. The molecule has 0 radical (unpaired) electrons. The summed E-state index contributed by atoms with van der Waals surface area (Å²) < 4.78 is 15.6. The third kappa shape index (κ3) is 4.86. The first-order valence-electron chi connectivity index (χ1n) is 9.31. The van der Waals surface area contributed by atoms with Crippen LogP contribution in [0.5, 0.6) is 0 Å². The van der Waals surface area contributed by atoms with Crippen molar-refractivity contribution in [2.45, 2.75) is 32.0 Å². The third-order valence-corrected chi connectivity index (χ3v) is 5.57. The molecule has 27 heavy (non-hydrogen) atoms. The summed E-state index contributed by atoms with van der Waals surface area (Å²) in [6, 6.07) is 12.4. The highest BCUT2D eigenvalue weighted by molar-refractivity contribution is 9.10. The first-order chi connectivity index (χ1) is 13.7. The van der Waals surface area contributed by atoms with Gasteiger partial charge in [-0.05, 0) is 54.7 Å². The number of hydrogen-bond acceptors (Lipinski definition) is 3. The van der Waals surface area contributed by atoms with Gasteiger partial charge >= 0.3 is 0 Å². The van der Waals surface area contributed by atoms with Crippen molar-refractivity contribution >= 4 is 58.8 Å². The molecule has 7 heteroatoms. The van der Waals surface area contributed by atoms with E-state index < -0.39 is 0 Å². The summed E-state index contributed by atoms with van der Waals surface area (Å²) >= 11 is 6.90. The van der Waals surface area contributed by atoms with Crippen LogP contribution in [0.15, 0.2) is 56.5 Å². The second-order valence-corrected chi connectivity index (χ2v) is 8.26. The van der Waals surface area contributed by atoms with Crippen molar-refractivity contribution in [1.82, 2.24) is 9.78 Å². The van der Waals surface area contributed by atoms with Gasteiger partial charge in [-0.15, -0.1) is 0 Å². The monoisotopic (exact) mass is 510 g/mol. The highest BCUT2D eigenvalue weighted by atomic mass is 79.9. The zero-order valence-corrected chi connectivity index (χ0v) is 19.1. The molecule has 2 aromatic carbocycles. The molecule has 2 aliphatic rings. The van der Waals surface area contributed by atoms with Crippen LogP contribution in [0.4, 0.5) is 0 Å². The van der Waals surface area contributed by atoms with E-state index in [1.807, 2.05) is 29.2 Å². The molecule has 3 heterocycles. The molecule has 1 saturated heterocycles. The van der Waals surface area contributed by atoms with Crippen molar-refractivity contribution in [2.75, 3.05) is 6.61 Å². The lowest BCUT2D eigenvalue weighted by atomic mass is 10.1. The van der Waals surface area contributed by atoms with E-state index in [1.54, 1.807) is 9.84 Å². The molecule has 0 saturated carbocycles. The average Bonchev–Trinajstić information content (AvgIpc) is 3.36. The van der Waals surface area contributed by atoms with Crippen LogP contribution in [0.25, 0.3) is 10.9 Å². The topological polar surface area (TPSA) is 39.4 Å². The predicted octanol–water partition coefficient (Wildman–Crippen LogP) is 5.94. The normalized spacial score (nSPS) is 18.0. The minimum atomic E-state index is 0.112. The number of halogens is 2. The maximum absolute atomic E-state index is 5.76. The molecular formula is C20H22Br2N3OP. The van der Waals surface area contributed by atoms with Gasteiger partial charge < -0.3 is 4.74 Å². The Hall–Kier alpha value is -1.07. The number of rotatable bonds is 1. The largest absolute Gasteiger partial charge is 0.356 e. The van der Waals surface area contributed by atoms with Gasteiger partial charge in [-0.3, -0.25) is 4.99 Å². The molecule has 0 N–H and O–H groups in total. The molecular weight excluding hydrogens is 489 g/mol. The van der Waals surface area contributed by atoms with Crippen LogP contribution >= 0.6 is 41.7 Å². The smallest absolute Gasteiger partial charge is 0.150 e. The van der Waals surface area contributed by atoms with Crippen LogP contribution in [0.1, 0.15) is 36.6 Å². The van der Waals surface area contributed by atoms with Crippen molar-refractivity contribution in [3.63, 3.8) is 0 Å². The molecule has 2 aliphatic heterocycles. The Kier molecular flexibility index (Phi) is 6.72. The number of aromatic nitrogens is 2. The van der Waals surface area contributed by atoms with E-state index in [2.05, 4.69) is 66.2 Å². The Labute approximate surface area is 180 Å². The number of fused-ring (bicyclic) bond motifs is 2. The van der Waals surface area contributed by atoms with Crippen LogP contribution in [0, 0.1) is 0 Å². The van der Waals surface area contributed by atoms with Crippen LogP contribution in [0.3, 0.4) is 0 Å². The Balaban J connectivity index is 0.000000161. The molecule has 1 fully saturated rings. The van der Waals surface area contributed by atoms with E-state index in [0.717, 1.165) is 39.4 Å². The Morgan fingerprint density at radius 3 is 2.74 bits per heavy atom. The van der Waals surface area contributed by atoms with Crippen LogP contribution in [-0.2, 0) is 11.3 Å². The predicted molar refractivity (Wildman–Crippen MR) is 123 cm³/mol. The maximum atomic E-state index is 5.76. The summed E-state index contributed by atoms with van der Waals surface area (Å²) in [7, 11) is 1.67. The van der Waals surface area contributed by atoms with E-state index >= 15 is 0 Å². The minimum absolute atomic E-state index is 0.112.